The van der Waals surface area contributed by atoms with Crippen LogP contribution in [0.1, 0.15) is 186 Å². The Morgan fingerprint density at radius 2 is 0.861 bits per heavy atom. The summed E-state index contributed by atoms with van der Waals surface area (Å²) in [5, 5.41) is 31.6. The number of fused-ring (bicyclic) bond motifs is 6. The Balaban J connectivity index is 0.000000147. The zero-order valence-corrected chi connectivity index (χ0v) is 95.5. The monoisotopic (exact) mass is 2890 g/mol. The van der Waals surface area contributed by atoms with E-state index in [1.807, 2.05) is 97.9 Å². The number of H-pyrrole nitrogens is 3. The molecule has 10 aliphatic rings. The number of halogens is 11. The fourth-order valence-corrected chi connectivity index (χ4v) is 860. The molecule has 0 amide bonds. The van der Waals surface area contributed by atoms with Crippen molar-refractivity contribution in [3.8, 4) is 0 Å². The van der Waals surface area contributed by atoms with Crippen LogP contribution < -0.4 is 30.7 Å². The van der Waals surface area contributed by atoms with Crippen molar-refractivity contribution in [3.05, 3.63) is 87.6 Å². The number of sulfonamides is 3. The summed E-state index contributed by atoms with van der Waals surface area (Å²) in [6.45, 7) is 23.1. The van der Waals surface area contributed by atoms with Gasteiger partial charge in [0.05, 0.1) is 72.9 Å². The SMILES string of the molecule is CC1(C)OB(C2=CCOC2)OC1(C)C.CCS(=O)(=O)N1[C@@H]2CCC[C@H]1CC(N(C)c1nc(Cl)cc(Nc3cc(C)[nH]n3)n1)C2.CCS(=O)(=O)N1[C@@H]2CCC[C@H]1CC(N(C)c1nc(Nc3cc(C)[nH]n3)cc(C3=CCOC3)n1)C2.CCS(=O)(=O)N1[C@@H]2CCC[C@H]1CC(N(C)c1nc(Nc3cc(C)[nH]n3)cc(C3CCOC3)n1)C2.II(I)I(I)I(I)I(I)I. The van der Waals surface area contributed by atoms with Crippen LogP contribution in [-0.2, 0) is 53.6 Å². The van der Waals surface area contributed by atoms with E-state index in [1.54, 1.807) is 31.1 Å². The molecule has 0 aliphatic carbocycles. The normalized spacial score (nSPS) is 25.5. The van der Waals surface area contributed by atoms with Crippen molar-refractivity contribution in [1.82, 2.24) is 73.4 Å². The molecule has 6 N–H and O–H groups in total. The Morgan fingerprint density at radius 3 is 1.20 bits per heavy atom. The van der Waals surface area contributed by atoms with Crippen molar-refractivity contribution in [3.63, 3.8) is 0 Å². The second-order valence-corrected chi connectivity index (χ2v) is 235. The second-order valence-electron chi connectivity index (χ2n) is 32.9. The maximum atomic E-state index is 12.8. The van der Waals surface area contributed by atoms with E-state index in [9.17, 15) is 25.3 Å². The molecule has 16 heterocycles. The third-order valence-corrected chi connectivity index (χ3v) is 526. The van der Waals surface area contributed by atoms with Crippen molar-refractivity contribution in [2.24, 2.45) is 0 Å². The average Bonchev–Trinajstić information content (AvgIpc) is 1.64. The van der Waals surface area contributed by atoms with Gasteiger partial charge in [-0.25, -0.2) is 40.2 Å². The van der Waals surface area contributed by atoms with Gasteiger partial charge in [0.1, 0.15) is 22.6 Å². The van der Waals surface area contributed by atoms with E-state index < -0.39 is 30.1 Å². The molecule has 6 bridgehead atoms. The Kier molecular flexibility index (Phi) is 37.5. The Hall–Kier alpha value is 0.335. The number of aryl methyl sites for hydroxylation is 3. The van der Waals surface area contributed by atoms with Crippen LogP contribution in [0.3, 0.4) is 0 Å². The molecule has 4 unspecified atom stereocenters. The number of hydrogen-bond donors (Lipinski definition) is 6. The van der Waals surface area contributed by atoms with E-state index in [0.717, 1.165) is 149 Å². The topological polar surface area (TPSA) is 367 Å². The van der Waals surface area contributed by atoms with Crippen LogP contribution in [0.15, 0.2) is 54.0 Å². The van der Waals surface area contributed by atoms with Crippen molar-refractivity contribution in [2.75, 3.05) is 109 Å². The van der Waals surface area contributed by atoms with E-state index in [1.165, 1.54) is 0 Å². The summed E-state index contributed by atoms with van der Waals surface area (Å²) >= 11 is 23.1. The van der Waals surface area contributed by atoms with Crippen LogP contribution in [-0.4, -0.2) is 249 Å². The molecule has 0 aromatic carbocycles. The predicted molar refractivity (Wildman–Crippen MR) is 576 cm³/mol. The number of ether oxygens (including phenoxy) is 3. The first-order valence-corrected chi connectivity index (χ1v) is 103. The number of anilines is 9. The molecule has 122 heavy (non-hydrogen) atoms. The molecule has 8 fully saturated rings. The standard InChI is InChI=1S/C23H35N7O3S.C23H33N7O3S.C19H28ClN7O2S.C10H17BO3.I10/c2*1-4-34(31,32)30-17-6-5-7-18(30)12-19(11-17)29(3)23-24-20(16-8-9-33-14-16)13-21(26-23)25-22-10-15(2)27-28-22;1-4-30(28,29)27-13-6-5-7-14(27)10-15(9-13)26(3)19-21-16(20)11-17(23-19)22-18-8-12(2)24-25-18;1-9(2)10(3,4)14-11(13-9)8-5-6-12-7-8;1-7(2)9(5)10(6)8(3)4/h10,13,16-19H,4-9,11-12,14H2,1-3H3,(H2,24,25,26,27,28);8,10,13,17-19H,4-7,9,11-12,14H2,1-3H3,(H2,24,25,26,27,28);8,11,13-15H,4-7,9-10H2,1-3H3,(H2,21,22,23,24,25);5H,6-7H2,1-4H3;/t16?,17-,18+,19?;17-,18+,19?;13-,14+,15?;;. The molecule has 47 heteroatoms. The van der Waals surface area contributed by atoms with Gasteiger partial charge in [-0.15, -0.1) is 0 Å². The van der Waals surface area contributed by atoms with Gasteiger partial charge in [-0.05, 0) is 158 Å². The summed E-state index contributed by atoms with van der Waals surface area (Å²) in [5.41, 5.74) is 6.32. The van der Waals surface area contributed by atoms with Gasteiger partial charge in [0.25, 0.3) is 0 Å². The van der Waals surface area contributed by atoms with Gasteiger partial charge in [-0.2, -0.15) is 43.2 Å². The molecule has 10 atom stereocenters. The summed E-state index contributed by atoms with van der Waals surface area (Å²) in [6.07, 6.45) is 18.5. The number of hydrogen-bond acceptors (Lipinski definition) is 26. The molecule has 0 radical (unpaired) electrons. The van der Waals surface area contributed by atoms with Crippen LogP contribution in [0.25, 0.3) is 5.57 Å². The quantitative estimate of drug-likeness (QED) is 0.0186. The minimum atomic E-state index is -3.21. The number of piperidine rings is 6. The second kappa shape index (κ2) is 45.1. The van der Waals surface area contributed by atoms with Crippen LogP contribution >= 0.6 is 155 Å². The number of nitrogens with zero attached hydrogens (tertiary/aromatic N) is 15. The minimum absolute atomic E-state index is 0.0405. The number of nitrogens with one attached hydrogen (secondary N) is 6. The number of aromatic nitrogens is 12. The molecule has 32 nitrogen and oxygen atoms in total. The van der Waals surface area contributed by atoms with Crippen molar-refractivity contribution in [1.29, 1.82) is 0 Å². The van der Waals surface area contributed by atoms with Gasteiger partial charge in [0, 0.05) is 147 Å². The first-order chi connectivity index (χ1) is 57.8. The molecule has 682 valence electrons. The Bertz CT molecular complexity index is 4890. The van der Waals surface area contributed by atoms with Crippen molar-refractivity contribution in [2.45, 2.75) is 243 Å². The maximum absolute atomic E-state index is 12.8. The first-order valence-electron chi connectivity index (χ1n) is 41.0. The first kappa shape index (κ1) is 101. The van der Waals surface area contributed by atoms with E-state index in [-0.39, 0.29) is 127 Å². The van der Waals surface area contributed by atoms with Gasteiger partial charge < -0.3 is 54.2 Å². The van der Waals surface area contributed by atoms with Gasteiger partial charge in [0.2, 0.25) is 47.9 Å². The summed E-state index contributed by atoms with van der Waals surface area (Å²) in [4.78, 5) is 34.8. The van der Waals surface area contributed by atoms with E-state index in [4.69, 9.17) is 55.1 Å². The van der Waals surface area contributed by atoms with Crippen LogP contribution in [0.5, 0.6) is 0 Å². The molecule has 0 spiro atoms. The van der Waals surface area contributed by atoms with E-state index >= 15 is 0 Å². The molecule has 6 aromatic rings. The summed E-state index contributed by atoms with van der Waals surface area (Å²) in [7, 11) is -5.12. The number of aromatic amines is 3. The third-order valence-electron chi connectivity index (χ3n) is 24.2. The fraction of sp³-hybridized carbons (Fsp3) is 0.667. The van der Waals surface area contributed by atoms with Crippen LogP contribution in [0.4, 0.5) is 52.8 Å². The Labute approximate surface area is 800 Å². The molecule has 8 saturated heterocycles. The molecule has 16 rings (SSSR count). The molecule has 0 saturated carbocycles. The van der Waals surface area contributed by atoms with Gasteiger partial charge >= 0.3 is 150 Å². The van der Waals surface area contributed by atoms with Crippen molar-refractivity contribution >= 4 is 250 Å². The van der Waals surface area contributed by atoms with Crippen LogP contribution in [0.2, 0.25) is 5.15 Å². The van der Waals surface area contributed by atoms with E-state index in [2.05, 4.69) is 206 Å². The number of rotatable bonds is 24. The molecular weight excluding hydrogens is 2780 g/mol. The van der Waals surface area contributed by atoms with Crippen molar-refractivity contribution < 1.29 is 48.8 Å². The fourth-order valence-electron chi connectivity index (χ4n) is 17.3. The average molecular weight is 2900 g/mol. The van der Waals surface area contributed by atoms with Gasteiger partial charge in [-0.3, -0.25) is 15.3 Å². The zero-order chi connectivity index (χ0) is 87.9. The van der Waals surface area contributed by atoms with Crippen LogP contribution in [0, 0.1) is 20.8 Å². The third kappa shape index (κ3) is 26.1. The van der Waals surface area contributed by atoms with E-state index in [0.29, 0.717) is 90.9 Å². The summed E-state index contributed by atoms with van der Waals surface area (Å²) in [6, 6.07) is 12.1. The Morgan fingerprint density at radius 1 is 0.492 bits per heavy atom. The molecule has 10 aliphatic heterocycles. The molecule has 6 aromatic heterocycles. The predicted octanol–water partition coefficient (Wildman–Crippen LogP) is 19.3. The zero-order valence-electron chi connectivity index (χ0n) is 70.7. The summed E-state index contributed by atoms with van der Waals surface area (Å²) < 4.78 is 110. The van der Waals surface area contributed by atoms with Gasteiger partial charge in [-0.1, -0.05) is 43.0 Å². The van der Waals surface area contributed by atoms with Gasteiger partial charge in [0.15, 0.2) is 17.5 Å². The molecular formula is C75H113BClI10N21O11S3. The summed E-state index contributed by atoms with van der Waals surface area (Å²) in [5.74, 6) is 6.52.